The number of Topliss-reactive ketones (excluding diaryl/α,β-unsaturated/α-hetero) is 2. The number of hydrogen-bond donors (Lipinski definition) is 13. The summed E-state index contributed by atoms with van der Waals surface area (Å²) in [5.74, 6) is -34.7. The molecular weight excluding hydrogens is 1200 g/mol. The van der Waals surface area contributed by atoms with Crippen LogP contribution in [-0.4, -0.2) is 196 Å². The predicted molar refractivity (Wildman–Crippen MR) is 272 cm³/mol. The Morgan fingerprint density at radius 1 is 0.405 bits per heavy atom. The van der Waals surface area contributed by atoms with Crippen LogP contribution in [0.2, 0.25) is 0 Å². The van der Waals surface area contributed by atoms with E-state index in [1.54, 1.807) is 63.0 Å². The number of carbonyl (C=O) groups excluding carboxylic acids is 10. The zero-order chi connectivity index (χ0) is 63.4. The number of hydrogen-bond acceptors (Lipinski definition) is 22. The maximum atomic E-state index is 14.4. The van der Waals surface area contributed by atoms with Crippen molar-refractivity contribution < 1.29 is 136 Å². The van der Waals surface area contributed by atoms with E-state index in [-0.39, 0.29) is 0 Å². The summed E-state index contributed by atoms with van der Waals surface area (Å²) in [7, 11) is -15.6. The fraction of sp³-hybridized carbons (Fsp3) is 0.435. The number of rotatable bonds is 33. The molecule has 6 amide bonds. The van der Waals surface area contributed by atoms with Gasteiger partial charge in [-0.05, 0) is 30.4 Å². The molecule has 35 nitrogen and oxygen atoms in total. The SMILES string of the molecule is O=C(CC(NC(=O)C(CC(=O)NC(CS(=O)(=O)O)C(=O)O)NC(=O)C(CC(=O)NC(CS(=O)(=O)O)C(=O)O)NC(=O)[C@H]1C[C@@H](C(=O)C(=O)OCc2ccccc2)C[C@@H](C(=O)C(=O)OCc2ccccc2)C1)C(=O)O)NC(CS(=O)(=O)O)C(=O)O. The predicted octanol–water partition coefficient (Wildman–Crippen LogP) is -5.28. The van der Waals surface area contributed by atoms with E-state index in [1.165, 1.54) is 24.3 Å². The van der Waals surface area contributed by atoms with Crippen molar-refractivity contribution in [1.82, 2.24) is 31.9 Å². The van der Waals surface area contributed by atoms with Gasteiger partial charge >= 0.3 is 35.8 Å². The number of carboxylic acid groups (broad SMARTS) is 4. The van der Waals surface area contributed by atoms with Gasteiger partial charge in [0, 0.05) is 17.8 Å². The van der Waals surface area contributed by atoms with E-state index >= 15 is 0 Å². The molecule has 6 unspecified atom stereocenters. The molecule has 0 radical (unpaired) electrons. The van der Waals surface area contributed by atoms with Crippen LogP contribution in [0.1, 0.15) is 49.7 Å². The second-order valence-electron chi connectivity index (χ2n) is 18.4. The van der Waals surface area contributed by atoms with E-state index in [0.717, 1.165) is 0 Å². The smallest absolute Gasteiger partial charge is 0.375 e. The van der Waals surface area contributed by atoms with Gasteiger partial charge < -0.3 is 61.8 Å². The van der Waals surface area contributed by atoms with Crippen LogP contribution < -0.4 is 31.9 Å². The number of aliphatic carboxylic acids is 4. The molecule has 9 atom stereocenters. The van der Waals surface area contributed by atoms with Gasteiger partial charge in [0.25, 0.3) is 30.4 Å². The minimum Gasteiger partial charge on any atom is -0.480 e. The molecule has 2 aromatic rings. The van der Waals surface area contributed by atoms with Crippen LogP contribution in [0.3, 0.4) is 0 Å². The highest BCUT2D eigenvalue weighted by atomic mass is 32.2. The quantitative estimate of drug-likeness (QED) is 0.0180. The second-order valence-corrected chi connectivity index (χ2v) is 22.9. The fourth-order valence-corrected chi connectivity index (χ4v) is 9.75. The number of esters is 2. The van der Waals surface area contributed by atoms with Gasteiger partial charge in [-0.25, -0.2) is 28.8 Å². The van der Waals surface area contributed by atoms with Gasteiger partial charge in [0.1, 0.15) is 66.7 Å². The first kappa shape index (κ1) is 69.4. The molecule has 13 N–H and O–H groups in total. The molecule has 2 aromatic carbocycles. The van der Waals surface area contributed by atoms with Crippen molar-refractivity contribution in [1.29, 1.82) is 0 Å². The van der Waals surface area contributed by atoms with Crippen LogP contribution in [0.5, 0.6) is 0 Å². The fourth-order valence-electron chi connectivity index (χ4n) is 7.81. The van der Waals surface area contributed by atoms with Crippen molar-refractivity contribution >= 4 is 113 Å². The second kappa shape index (κ2) is 31.0. The highest BCUT2D eigenvalue weighted by Crippen LogP contribution is 2.36. The maximum Gasteiger partial charge on any atom is 0.375 e. The lowest BCUT2D eigenvalue weighted by molar-refractivity contribution is -0.160. The van der Waals surface area contributed by atoms with Crippen LogP contribution in [0.4, 0.5) is 0 Å². The highest BCUT2D eigenvalue weighted by molar-refractivity contribution is 7.86. The van der Waals surface area contributed by atoms with Crippen LogP contribution >= 0.6 is 0 Å². The van der Waals surface area contributed by atoms with Crippen LogP contribution in [0, 0.1) is 17.8 Å². The number of carbonyl (C=O) groups is 14. The van der Waals surface area contributed by atoms with Crippen molar-refractivity contribution in [2.75, 3.05) is 17.3 Å². The Balaban J connectivity index is 2.12. The topological polar surface area (TPSA) is 574 Å². The summed E-state index contributed by atoms with van der Waals surface area (Å²) in [5.41, 5.74) is 0.820. The summed E-state index contributed by atoms with van der Waals surface area (Å²) in [4.78, 5) is 183. The first-order valence-corrected chi connectivity index (χ1v) is 28.8. The zero-order valence-corrected chi connectivity index (χ0v) is 45.5. The average Bonchev–Trinajstić information content (AvgIpc) is 3.52. The minimum atomic E-state index is -5.24. The van der Waals surface area contributed by atoms with Crippen molar-refractivity contribution in [3.8, 4) is 0 Å². The standard InChI is InChI=1S/C46H54N6O29S3/c53-33(47-30(42(63)64)19-82(71,72)73)14-27(50-38(58)26-12-24(36(56)45(69)80-17-22-7-3-1-4-8-22)11-25(13-26)37(57)46(70)81-18-23-9-5-2-6-10-23)39(59)51-28(15-34(54)48-31(43(65)66)20-83(74,75)76)40(60)52-29(41(61)62)16-35(55)49-32(44(67)68)21-84(77,78)79/h1-10,24-32H,11-21H2,(H,47,53)(H,48,54)(H,49,55)(H,50,58)(H,51,59)(H,52,60)(H,61,62)(H,63,64)(H,65,66)(H,67,68)(H,71,72,73)(H,74,75,76)(H,77,78,79)/t24-,25+,26-,27?,28?,29?,30?,31?,32?. The van der Waals surface area contributed by atoms with Gasteiger partial charge in [-0.2, -0.15) is 25.3 Å². The zero-order valence-electron chi connectivity index (χ0n) is 43.1. The lowest BCUT2D eigenvalue weighted by Gasteiger charge is -2.33. The van der Waals surface area contributed by atoms with Gasteiger partial charge in [-0.3, -0.25) is 52.0 Å². The number of carboxylic acids is 4. The van der Waals surface area contributed by atoms with Crippen LogP contribution in [0.15, 0.2) is 60.7 Å². The molecule has 0 spiro atoms. The van der Waals surface area contributed by atoms with E-state index in [2.05, 4.69) is 0 Å². The van der Waals surface area contributed by atoms with E-state index in [0.29, 0.717) is 11.1 Å². The summed E-state index contributed by atoms with van der Waals surface area (Å²) in [6.07, 6.45) is -6.76. The molecule has 0 bridgehead atoms. The monoisotopic (exact) mass is 1250 g/mol. The summed E-state index contributed by atoms with van der Waals surface area (Å²) in [6.45, 7) is -0.904. The first-order chi connectivity index (χ1) is 38.9. The largest absolute Gasteiger partial charge is 0.480 e. The van der Waals surface area contributed by atoms with Gasteiger partial charge in [-0.1, -0.05) is 60.7 Å². The highest BCUT2D eigenvalue weighted by Gasteiger charge is 2.45. The van der Waals surface area contributed by atoms with Crippen LogP contribution in [0.25, 0.3) is 0 Å². The average molecular weight is 1250 g/mol. The third kappa shape index (κ3) is 24.7. The van der Waals surface area contributed by atoms with Crippen molar-refractivity contribution in [3.63, 3.8) is 0 Å². The molecule has 1 fully saturated rings. The maximum absolute atomic E-state index is 14.4. The molecular formula is C46H54N6O29S3. The lowest BCUT2D eigenvalue weighted by atomic mass is 9.71. The lowest BCUT2D eigenvalue weighted by Crippen LogP contribution is -2.59. The third-order valence-electron chi connectivity index (χ3n) is 11.7. The van der Waals surface area contributed by atoms with E-state index < -0.39 is 236 Å². The molecule has 1 saturated carbocycles. The summed E-state index contributed by atoms with van der Waals surface area (Å²) < 4.78 is 107. The van der Waals surface area contributed by atoms with E-state index in [9.17, 15) is 122 Å². The molecule has 1 aliphatic carbocycles. The van der Waals surface area contributed by atoms with E-state index in [4.69, 9.17) is 14.0 Å². The molecule has 0 heterocycles. The third-order valence-corrected chi connectivity index (χ3v) is 14.0. The van der Waals surface area contributed by atoms with Gasteiger partial charge in [0.05, 0.1) is 19.3 Å². The molecule has 38 heteroatoms. The number of benzene rings is 2. The number of ketones is 2. The summed E-state index contributed by atoms with van der Waals surface area (Å²) in [5, 5.41) is 48.4. The summed E-state index contributed by atoms with van der Waals surface area (Å²) >= 11 is 0. The molecule has 84 heavy (non-hydrogen) atoms. The number of nitrogens with one attached hydrogen (secondary N) is 6. The molecule has 3 rings (SSSR count). The van der Waals surface area contributed by atoms with Gasteiger partial charge in [0.2, 0.25) is 47.0 Å². The molecule has 0 aromatic heterocycles. The van der Waals surface area contributed by atoms with Gasteiger partial charge in [-0.15, -0.1) is 0 Å². The van der Waals surface area contributed by atoms with Crippen LogP contribution in [-0.2, 0) is 120 Å². The van der Waals surface area contributed by atoms with Gasteiger partial charge in [0.15, 0.2) is 0 Å². The van der Waals surface area contributed by atoms with Crippen molar-refractivity contribution in [3.05, 3.63) is 71.8 Å². The molecule has 1 aliphatic rings. The Labute approximate surface area is 474 Å². The Hall–Kier alpha value is -8.85. The first-order valence-electron chi connectivity index (χ1n) is 24.0. The number of amides is 6. The molecule has 0 saturated heterocycles. The Morgan fingerprint density at radius 2 is 0.690 bits per heavy atom. The minimum absolute atomic E-state index is 0.410. The normalized spacial score (nSPS) is 17.2. The summed E-state index contributed by atoms with van der Waals surface area (Å²) in [6, 6.07) is 0.306. The Morgan fingerprint density at radius 3 is 1.00 bits per heavy atom. The van der Waals surface area contributed by atoms with Crippen molar-refractivity contribution in [2.45, 2.75) is 88.0 Å². The molecule has 460 valence electrons. The van der Waals surface area contributed by atoms with E-state index in [1.807, 2.05) is 5.32 Å². The number of ether oxygens (including phenoxy) is 2. The Kier molecular flexibility index (Phi) is 25.6. The van der Waals surface area contributed by atoms with Crippen molar-refractivity contribution in [2.24, 2.45) is 17.8 Å². The molecule has 0 aliphatic heterocycles. The Bertz CT molecular complexity index is 3140.